The van der Waals surface area contributed by atoms with E-state index in [0.717, 1.165) is 43.9 Å². The minimum absolute atomic E-state index is 0.323. The molecule has 0 saturated carbocycles. The van der Waals surface area contributed by atoms with E-state index in [2.05, 4.69) is 41.1 Å². The highest BCUT2D eigenvalue weighted by Gasteiger charge is 2.17. The minimum Gasteiger partial charge on any atom is -0.411 e. The molecule has 0 radical (unpaired) electrons. The van der Waals surface area contributed by atoms with Gasteiger partial charge in [0, 0.05) is 36.7 Å². The van der Waals surface area contributed by atoms with E-state index in [0.29, 0.717) is 17.2 Å². The molecule has 1 aromatic carbocycles. The number of anilines is 1. The van der Waals surface area contributed by atoms with Crippen LogP contribution in [0.4, 0.5) is 5.69 Å². The molecule has 23 heavy (non-hydrogen) atoms. The zero-order chi connectivity index (χ0) is 16.1. The molecule has 0 spiro atoms. The lowest BCUT2D eigenvalue weighted by atomic mass is 10.2. The standard InChI is InChI=1S/C17H23N3O2S/c1-3-20(4-2)14-9-7-13(8-10-14)16-18-19-17(22-16)23-12-15-6-5-11-21-15/h7-10,15H,3-6,11-12H2,1-2H3. The van der Waals surface area contributed by atoms with Crippen molar-refractivity contribution in [2.24, 2.45) is 0 Å². The molecule has 1 aliphatic rings. The number of rotatable bonds is 7. The lowest BCUT2D eigenvalue weighted by Crippen LogP contribution is -2.21. The van der Waals surface area contributed by atoms with Crippen molar-refractivity contribution in [3.63, 3.8) is 0 Å². The van der Waals surface area contributed by atoms with Gasteiger partial charge in [-0.2, -0.15) is 0 Å². The van der Waals surface area contributed by atoms with Crippen molar-refractivity contribution in [1.29, 1.82) is 0 Å². The van der Waals surface area contributed by atoms with Gasteiger partial charge in [0.05, 0.1) is 6.10 Å². The quantitative estimate of drug-likeness (QED) is 0.717. The van der Waals surface area contributed by atoms with Gasteiger partial charge in [0.2, 0.25) is 5.89 Å². The van der Waals surface area contributed by atoms with E-state index in [9.17, 15) is 0 Å². The first kappa shape index (κ1) is 16.3. The first-order chi connectivity index (χ1) is 11.3. The molecule has 0 N–H and O–H groups in total. The van der Waals surface area contributed by atoms with E-state index in [4.69, 9.17) is 9.15 Å². The summed E-state index contributed by atoms with van der Waals surface area (Å²) in [5, 5.41) is 8.89. The molecule has 2 aromatic rings. The smallest absolute Gasteiger partial charge is 0.276 e. The fourth-order valence-corrected chi connectivity index (χ4v) is 3.56. The molecule has 124 valence electrons. The Morgan fingerprint density at radius 2 is 1.96 bits per heavy atom. The van der Waals surface area contributed by atoms with Crippen molar-refractivity contribution in [2.75, 3.05) is 30.3 Å². The lowest BCUT2D eigenvalue weighted by Gasteiger charge is -2.20. The number of hydrogen-bond acceptors (Lipinski definition) is 6. The van der Waals surface area contributed by atoms with Crippen LogP contribution in [0, 0.1) is 0 Å². The van der Waals surface area contributed by atoms with Gasteiger partial charge in [0.25, 0.3) is 5.22 Å². The van der Waals surface area contributed by atoms with Gasteiger partial charge >= 0.3 is 0 Å². The largest absolute Gasteiger partial charge is 0.411 e. The summed E-state index contributed by atoms with van der Waals surface area (Å²) < 4.78 is 11.4. The Bertz CT molecular complexity index is 605. The summed E-state index contributed by atoms with van der Waals surface area (Å²) in [5.41, 5.74) is 2.17. The van der Waals surface area contributed by atoms with Crippen molar-refractivity contribution in [2.45, 2.75) is 38.0 Å². The Labute approximate surface area is 141 Å². The van der Waals surface area contributed by atoms with Gasteiger partial charge in [-0.05, 0) is 51.0 Å². The predicted octanol–water partition coefficient (Wildman–Crippen LogP) is 3.85. The molecule has 0 aliphatic carbocycles. The second kappa shape index (κ2) is 7.84. The molecular weight excluding hydrogens is 310 g/mol. The summed E-state index contributed by atoms with van der Waals surface area (Å²) in [5.74, 6) is 1.45. The molecule has 5 nitrogen and oxygen atoms in total. The third kappa shape index (κ3) is 4.06. The van der Waals surface area contributed by atoms with Crippen molar-refractivity contribution in [3.8, 4) is 11.5 Å². The molecule has 1 saturated heterocycles. The van der Waals surface area contributed by atoms with Gasteiger partial charge in [-0.15, -0.1) is 10.2 Å². The normalized spacial score (nSPS) is 17.6. The number of nitrogens with zero attached hydrogens (tertiary/aromatic N) is 3. The van der Waals surface area contributed by atoms with Gasteiger partial charge in [0.15, 0.2) is 0 Å². The van der Waals surface area contributed by atoms with Crippen LogP contribution in [0.5, 0.6) is 0 Å². The molecule has 1 unspecified atom stereocenters. The van der Waals surface area contributed by atoms with Gasteiger partial charge < -0.3 is 14.1 Å². The maximum Gasteiger partial charge on any atom is 0.276 e. The number of thioether (sulfide) groups is 1. The number of benzene rings is 1. The van der Waals surface area contributed by atoms with Crippen LogP contribution in [0.1, 0.15) is 26.7 Å². The molecule has 0 bridgehead atoms. The highest BCUT2D eigenvalue weighted by Crippen LogP contribution is 2.27. The lowest BCUT2D eigenvalue weighted by molar-refractivity contribution is 0.128. The van der Waals surface area contributed by atoms with Crippen LogP contribution < -0.4 is 4.90 Å². The fourth-order valence-electron chi connectivity index (χ4n) is 2.73. The Kier molecular flexibility index (Phi) is 5.56. The van der Waals surface area contributed by atoms with Gasteiger partial charge in [-0.25, -0.2) is 0 Å². The fraction of sp³-hybridized carbons (Fsp3) is 0.529. The van der Waals surface area contributed by atoms with Crippen LogP contribution in [-0.4, -0.2) is 41.8 Å². The van der Waals surface area contributed by atoms with E-state index in [1.54, 1.807) is 11.8 Å². The summed E-state index contributed by atoms with van der Waals surface area (Å²) in [6, 6.07) is 8.28. The molecule has 2 heterocycles. The van der Waals surface area contributed by atoms with Crippen LogP contribution in [0.2, 0.25) is 0 Å². The zero-order valence-electron chi connectivity index (χ0n) is 13.7. The first-order valence-electron chi connectivity index (χ1n) is 8.23. The van der Waals surface area contributed by atoms with Crippen molar-refractivity contribution >= 4 is 17.4 Å². The van der Waals surface area contributed by atoms with E-state index in [-0.39, 0.29) is 0 Å². The van der Waals surface area contributed by atoms with Crippen LogP contribution in [0.25, 0.3) is 11.5 Å². The topological polar surface area (TPSA) is 51.4 Å². The SMILES string of the molecule is CCN(CC)c1ccc(-c2nnc(SCC3CCCO3)o2)cc1. The Hall–Kier alpha value is -1.53. The van der Waals surface area contributed by atoms with E-state index >= 15 is 0 Å². The number of aromatic nitrogens is 2. The van der Waals surface area contributed by atoms with Gasteiger partial charge in [-0.3, -0.25) is 0 Å². The van der Waals surface area contributed by atoms with Crippen LogP contribution in [0.3, 0.4) is 0 Å². The molecule has 1 fully saturated rings. The first-order valence-corrected chi connectivity index (χ1v) is 9.22. The van der Waals surface area contributed by atoms with Gasteiger partial charge in [-0.1, -0.05) is 11.8 Å². The van der Waals surface area contributed by atoms with Crippen LogP contribution in [0.15, 0.2) is 33.9 Å². The minimum atomic E-state index is 0.323. The summed E-state index contributed by atoms with van der Waals surface area (Å²) >= 11 is 1.57. The highest BCUT2D eigenvalue weighted by atomic mass is 32.2. The van der Waals surface area contributed by atoms with Crippen molar-refractivity contribution in [1.82, 2.24) is 10.2 Å². The number of hydrogen-bond donors (Lipinski definition) is 0. The Balaban J connectivity index is 1.62. The zero-order valence-corrected chi connectivity index (χ0v) is 14.5. The van der Waals surface area contributed by atoms with E-state index in [1.165, 1.54) is 5.69 Å². The van der Waals surface area contributed by atoms with E-state index in [1.807, 2.05) is 12.1 Å². The van der Waals surface area contributed by atoms with Gasteiger partial charge in [0.1, 0.15) is 0 Å². The third-order valence-electron chi connectivity index (χ3n) is 4.07. The summed E-state index contributed by atoms with van der Waals surface area (Å²) in [6.45, 7) is 7.19. The molecule has 1 atom stereocenters. The van der Waals surface area contributed by atoms with E-state index < -0.39 is 0 Å². The monoisotopic (exact) mass is 333 g/mol. The maximum atomic E-state index is 5.75. The molecule has 0 amide bonds. The summed E-state index contributed by atoms with van der Waals surface area (Å²) in [7, 11) is 0. The molecule has 1 aromatic heterocycles. The molecule has 1 aliphatic heterocycles. The predicted molar refractivity (Wildman–Crippen MR) is 93.0 cm³/mol. The molecular formula is C17H23N3O2S. The summed E-state index contributed by atoms with van der Waals surface area (Å²) in [6.07, 6.45) is 2.60. The van der Waals surface area contributed by atoms with Crippen molar-refractivity contribution < 1.29 is 9.15 Å². The highest BCUT2D eigenvalue weighted by molar-refractivity contribution is 7.99. The van der Waals surface area contributed by atoms with Crippen molar-refractivity contribution in [3.05, 3.63) is 24.3 Å². The molecule has 3 rings (SSSR count). The third-order valence-corrected chi connectivity index (χ3v) is 5.02. The van der Waals surface area contributed by atoms with Crippen LogP contribution >= 0.6 is 11.8 Å². The second-order valence-electron chi connectivity index (χ2n) is 5.54. The molecule has 6 heteroatoms. The summed E-state index contributed by atoms with van der Waals surface area (Å²) in [4.78, 5) is 2.31. The maximum absolute atomic E-state index is 5.75. The number of ether oxygens (including phenoxy) is 1. The van der Waals surface area contributed by atoms with Crippen LogP contribution in [-0.2, 0) is 4.74 Å². The average Bonchev–Trinajstić information content (AvgIpc) is 3.26. The second-order valence-corrected chi connectivity index (χ2v) is 6.51. The Morgan fingerprint density at radius 1 is 1.17 bits per heavy atom. The Morgan fingerprint density at radius 3 is 2.61 bits per heavy atom. The average molecular weight is 333 g/mol.